The Morgan fingerprint density at radius 3 is 2.57 bits per heavy atom. The molecule has 0 saturated carbocycles. The molecule has 0 bridgehead atoms. The number of carbonyl (C=O) groups is 1. The van der Waals surface area contributed by atoms with Gasteiger partial charge in [-0.3, -0.25) is 4.79 Å². The summed E-state index contributed by atoms with van der Waals surface area (Å²) in [5, 5.41) is 10.3. The first kappa shape index (κ1) is 13.8. The van der Waals surface area contributed by atoms with Crippen molar-refractivity contribution in [3.05, 3.63) is 65.7 Å². The van der Waals surface area contributed by atoms with Crippen molar-refractivity contribution in [3.8, 4) is 0 Å². The third kappa shape index (κ3) is 2.68. The second-order valence-corrected chi connectivity index (χ2v) is 5.35. The molecule has 108 valence electrons. The van der Waals surface area contributed by atoms with Crippen LogP contribution in [0.25, 0.3) is 0 Å². The normalized spacial score (nSPS) is 19.0. The zero-order chi connectivity index (χ0) is 14.8. The Kier molecular flexibility index (Phi) is 3.73. The van der Waals surface area contributed by atoms with E-state index in [-0.39, 0.29) is 11.9 Å². The molecule has 3 N–H and O–H groups in total. The van der Waals surface area contributed by atoms with Crippen LogP contribution in [0.15, 0.2) is 54.6 Å². The van der Waals surface area contributed by atoms with E-state index in [9.17, 15) is 9.90 Å². The second-order valence-electron chi connectivity index (χ2n) is 5.35. The molecule has 2 aromatic carbocycles. The number of anilines is 1. The fourth-order valence-corrected chi connectivity index (χ4v) is 2.76. The second kappa shape index (κ2) is 5.68. The van der Waals surface area contributed by atoms with Crippen LogP contribution in [0, 0.1) is 0 Å². The molecule has 1 heterocycles. The number of aliphatic hydroxyl groups excluding tert-OH is 1. The maximum absolute atomic E-state index is 12.6. The molecule has 1 amide bonds. The summed E-state index contributed by atoms with van der Waals surface area (Å²) in [6.07, 6.45) is -0.411. The average molecular weight is 282 g/mol. The Labute approximate surface area is 123 Å². The topological polar surface area (TPSA) is 66.6 Å². The van der Waals surface area contributed by atoms with E-state index in [4.69, 9.17) is 5.73 Å². The van der Waals surface area contributed by atoms with Gasteiger partial charge in [0, 0.05) is 18.3 Å². The van der Waals surface area contributed by atoms with Crippen LogP contribution in [0.5, 0.6) is 0 Å². The van der Waals surface area contributed by atoms with Crippen molar-refractivity contribution in [3.63, 3.8) is 0 Å². The minimum Gasteiger partial charge on any atom is -0.378 e. The Morgan fingerprint density at radius 1 is 1.14 bits per heavy atom. The number of hydrogen-bond donors (Lipinski definition) is 2. The van der Waals surface area contributed by atoms with Crippen molar-refractivity contribution in [1.29, 1.82) is 0 Å². The molecule has 0 radical (unpaired) electrons. The molecule has 4 heteroatoms. The van der Waals surface area contributed by atoms with Crippen molar-refractivity contribution in [2.45, 2.75) is 18.6 Å². The minimum atomic E-state index is -1.16. The van der Waals surface area contributed by atoms with Crippen LogP contribution >= 0.6 is 0 Å². The number of para-hydroxylation sites is 1. The summed E-state index contributed by atoms with van der Waals surface area (Å²) < 4.78 is 0. The Hall–Kier alpha value is -2.17. The molecule has 2 atom stereocenters. The number of hydrogen-bond acceptors (Lipinski definition) is 3. The van der Waals surface area contributed by atoms with Crippen LogP contribution in [-0.2, 0) is 11.2 Å². The number of nitrogens with two attached hydrogens (primary N) is 1. The monoisotopic (exact) mass is 282 g/mol. The van der Waals surface area contributed by atoms with Gasteiger partial charge in [0.25, 0.3) is 5.91 Å². The first-order valence-electron chi connectivity index (χ1n) is 7.04. The van der Waals surface area contributed by atoms with Gasteiger partial charge < -0.3 is 15.7 Å². The number of aliphatic hydroxyl groups is 1. The van der Waals surface area contributed by atoms with Gasteiger partial charge in [0.15, 0.2) is 6.10 Å². The molecule has 1 aliphatic heterocycles. The quantitative estimate of drug-likeness (QED) is 0.880. The highest BCUT2D eigenvalue weighted by Gasteiger charge is 2.30. The lowest BCUT2D eigenvalue weighted by Crippen LogP contribution is -2.47. The summed E-state index contributed by atoms with van der Waals surface area (Å²) in [4.78, 5) is 14.2. The van der Waals surface area contributed by atoms with E-state index in [1.165, 1.54) is 0 Å². The number of nitrogens with zero attached hydrogens (tertiary/aromatic N) is 1. The van der Waals surface area contributed by atoms with E-state index in [1.54, 1.807) is 17.0 Å². The van der Waals surface area contributed by atoms with Gasteiger partial charge in [-0.1, -0.05) is 48.5 Å². The number of carbonyl (C=O) groups excluding carboxylic acids is 1. The zero-order valence-corrected chi connectivity index (χ0v) is 11.6. The third-order valence-corrected chi connectivity index (χ3v) is 3.80. The van der Waals surface area contributed by atoms with Crippen molar-refractivity contribution < 1.29 is 9.90 Å². The smallest absolute Gasteiger partial charge is 0.260 e. The molecule has 1 aliphatic rings. The Balaban J connectivity index is 1.91. The predicted molar refractivity (Wildman–Crippen MR) is 81.9 cm³/mol. The molecule has 2 unspecified atom stereocenters. The van der Waals surface area contributed by atoms with Gasteiger partial charge in [-0.25, -0.2) is 0 Å². The Morgan fingerprint density at radius 2 is 1.81 bits per heavy atom. The lowest BCUT2D eigenvalue weighted by Gasteiger charge is -2.34. The summed E-state index contributed by atoms with van der Waals surface area (Å²) >= 11 is 0. The first-order chi connectivity index (χ1) is 10.2. The van der Waals surface area contributed by atoms with Gasteiger partial charge in [-0.15, -0.1) is 0 Å². The van der Waals surface area contributed by atoms with E-state index in [1.807, 2.05) is 42.5 Å². The highest BCUT2D eigenvalue weighted by molar-refractivity contribution is 5.98. The molecule has 0 aliphatic carbocycles. The van der Waals surface area contributed by atoms with Gasteiger partial charge in [0.2, 0.25) is 0 Å². The maximum Gasteiger partial charge on any atom is 0.260 e. The van der Waals surface area contributed by atoms with Crippen LogP contribution in [0.4, 0.5) is 5.69 Å². The molecule has 21 heavy (non-hydrogen) atoms. The van der Waals surface area contributed by atoms with Gasteiger partial charge >= 0.3 is 0 Å². The molecular weight excluding hydrogens is 264 g/mol. The number of rotatable bonds is 2. The molecule has 0 spiro atoms. The van der Waals surface area contributed by atoms with E-state index < -0.39 is 6.10 Å². The van der Waals surface area contributed by atoms with Crippen LogP contribution in [0.2, 0.25) is 0 Å². The van der Waals surface area contributed by atoms with E-state index >= 15 is 0 Å². The largest absolute Gasteiger partial charge is 0.378 e. The predicted octanol–water partition coefficient (Wildman–Crippen LogP) is 1.64. The van der Waals surface area contributed by atoms with E-state index in [2.05, 4.69) is 0 Å². The average Bonchev–Trinajstić information content (AvgIpc) is 2.53. The van der Waals surface area contributed by atoms with Crippen molar-refractivity contribution in [2.75, 3.05) is 11.4 Å². The molecule has 0 saturated heterocycles. The number of benzene rings is 2. The Bertz CT molecular complexity index is 642. The van der Waals surface area contributed by atoms with E-state index in [0.29, 0.717) is 12.1 Å². The van der Waals surface area contributed by atoms with Crippen molar-refractivity contribution in [2.24, 2.45) is 5.73 Å². The summed E-state index contributed by atoms with van der Waals surface area (Å²) in [7, 11) is 0. The molecular formula is C17H18N2O2. The van der Waals surface area contributed by atoms with Gasteiger partial charge in [0.1, 0.15) is 0 Å². The fraction of sp³-hybridized carbons (Fsp3) is 0.235. The maximum atomic E-state index is 12.6. The van der Waals surface area contributed by atoms with Crippen molar-refractivity contribution >= 4 is 11.6 Å². The standard InChI is InChI=1S/C17H18N2O2/c18-14-10-13-8-4-5-9-15(13)19(11-14)17(21)16(20)12-6-2-1-3-7-12/h1-9,14,16,20H,10-11,18H2. The summed E-state index contributed by atoms with van der Waals surface area (Å²) in [6.45, 7) is 0.430. The summed E-state index contributed by atoms with van der Waals surface area (Å²) in [5.74, 6) is -0.330. The molecule has 3 rings (SSSR count). The van der Waals surface area contributed by atoms with Crippen LogP contribution in [-0.4, -0.2) is 23.6 Å². The van der Waals surface area contributed by atoms with Crippen LogP contribution in [0.3, 0.4) is 0 Å². The lowest BCUT2D eigenvalue weighted by atomic mass is 9.97. The fourth-order valence-electron chi connectivity index (χ4n) is 2.76. The third-order valence-electron chi connectivity index (χ3n) is 3.80. The first-order valence-corrected chi connectivity index (χ1v) is 7.04. The van der Waals surface area contributed by atoms with Gasteiger partial charge in [-0.05, 0) is 23.6 Å². The van der Waals surface area contributed by atoms with Gasteiger partial charge in [-0.2, -0.15) is 0 Å². The molecule has 0 aromatic heterocycles. The van der Waals surface area contributed by atoms with E-state index in [0.717, 1.165) is 17.7 Å². The highest BCUT2D eigenvalue weighted by atomic mass is 16.3. The van der Waals surface area contributed by atoms with Crippen LogP contribution < -0.4 is 10.6 Å². The highest BCUT2D eigenvalue weighted by Crippen LogP contribution is 2.29. The lowest BCUT2D eigenvalue weighted by molar-refractivity contribution is -0.127. The zero-order valence-electron chi connectivity index (χ0n) is 11.6. The van der Waals surface area contributed by atoms with Crippen LogP contribution in [0.1, 0.15) is 17.2 Å². The summed E-state index contributed by atoms with van der Waals surface area (Å²) in [6, 6.07) is 16.6. The van der Waals surface area contributed by atoms with Crippen molar-refractivity contribution in [1.82, 2.24) is 0 Å². The molecule has 0 fully saturated rings. The summed E-state index contributed by atoms with van der Waals surface area (Å²) in [5.41, 5.74) is 8.53. The SMILES string of the molecule is NC1Cc2ccccc2N(C(=O)C(O)c2ccccc2)C1. The molecule has 2 aromatic rings. The number of amides is 1. The number of fused-ring (bicyclic) bond motifs is 1. The molecule has 4 nitrogen and oxygen atoms in total. The van der Waals surface area contributed by atoms with Gasteiger partial charge in [0.05, 0.1) is 0 Å². The minimum absolute atomic E-state index is 0.105.